The Morgan fingerprint density at radius 1 is 1.37 bits per heavy atom. The van der Waals surface area contributed by atoms with Crippen molar-refractivity contribution in [2.24, 2.45) is 5.73 Å². The van der Waals surface area contributed by atoms with Gasteiger partial charge < -0.3 is 10.6 Å². The van der Waals surface area contributed by atoms with Crippen LogP contribution in [0, 0.1) is 13.8 Å². The number of carbonyl (C=O) groups is 1. The van der Waals surface area contributed by atoms with Crippen molar-refractivity contribution in [2.45, 2.75) is 45.6 Å². The van der Waals surface area contributed by atoms with E-state index in [9.17, 15) is 4.79 Å². The van der Waals surface area contributed by atoms with Gasteiger partial charge in [-0.25, -0.2) is 0 Å². The Labute approximate surface area is 115 Å². The third-order valence-electron chi connectivity index (χ3n) is 3.85. The molecule has 1 fully saturated rings. The lowest BCUT2D eigenvalue weighted by Crippen LogP contribution is -2.42. The lowest BCUT2D eigenvalue weighted by molar-refractivity contribution is 0.0687. The molecule has 0 unspecified atom stereocenters. The highest BCUT2D eigenvalue weighted by Crippen LogP contribution is 2.25. The van der Waals surface area contributed by atoms with Crippen LogP contribution in [-0.2, 0) is 0 Å². The van der Waals surface area contributed by atoms with E-state index in [1.165, 1.54) is 12.8 Å². The van der Waals surface area contributed by atoms with E-state index in [0.717, 1.165) is 24.2 Å². The molecule has 2 N–H and O–H groups in total. The molecule has 0 bridgehead atoms. The Kier molecular flexibility index (Phi) is 4.53. The standard InChI is InChI=1S/C15H23N3O/c1-11-7-8-14(12(2)17-11)15(19)18(10-9-16)13-5-3-4-6-13/h7-8,13H,3-6,9-10,16H2,1-2H3. The Balaban J connectivity index is 2.22. The van der Waals surface area contributed by atoms with E-state index in [2.05, 4.69) is 4.98 Å². The topological polar surface area (TPSA) is 59.2 Å². The summed E-state index contributed by atoms with van der Waals surface area (Å²) < 4.78 is 0. The third-order valence-corrected chi connectivity index (χ3v) is 3.85. The van der Waals surface area contributed by atoms with Gasteiger partial charge in [0.05, 0.1) is 11.3 Å². The smallest absolute Gasteiger partial charge is 0.255 e. The molecule has 2 rings (SSSR count). The lowest BCUT2D eigenvalue weighted by Gasteiger charge is -2.29. The third kappa shape index (κ3) is 3.13. The van der Waals surface area contributed by atoms with E-state index in [1.54, 1.807) is 0 Å². The lowest BCUT2D eigenvalue weighted by atomic mass is 10.1. The molecule has 0 saturated heterocycles. The first-order chi connectivity index (χ1) is 9.13. The number of nitrogens with two attached hydrogens (primary N) is 1. The summed E-state index contributed by atoms with van der Waals surface area (Å²) in [5.74, 6) is 0.0855. The Bertz CT molecular complexity index is 453. The van der Waals surface area contributed by atoms with Crippen LogP contribution >= 0.6 is 0 Å². The first kappa shape index (κ1) is 14.0. The van der Waals surface area contributed by atoms with Gasteiger partial charge >= 0.3 is 0 Å². The fourth-order valence-electron chi connectivity index (χ4n) is 2.87. The molecular formula is C15H23N3O. The van der Waals surface area contributed by atoms with Gasteiger partial charge in [-0.05, 0) is 38.8 Å². The number of hydrogen-bond acceptors (Lipinski definition) is 3. The average molecular weight is 261 g/mol. The Morgan fingerprint density at radius 2 is 2.05 bits per heavy atom. The number of rotatable bonds is 4. The predicted octanol–water partition coefficient (Wildman–Crippen LogP) is 2.04. The quantitative estimate of drug-likeness (QED) is 0.902. The molecule has 4 heteroatoms. The maximum atomic E-state index is 12.7. The molecule has 1 aliphatic rings. The van der Waals surface area contributed by atoms with E-state index >= 15 is 0 Å². The minimum atomic E-state index is 0.0855. The molecule has 0 spiro atoms. The van der Waals surface area contributed by atoms with Crippen molar-refractivity contribution >= 4 is 5.91 Å². The van der Waals surface area contributed by atoms with Crippen molar-refractivity contribution in [1.29, 1.82) is 0 Å². The van der Waals surface area contributed by atoms with E-state index < -0.39 is 0 Å². The average Bonchev–Trinajstić information content (AvgIpc) is 2.89. The van der Waals surface area contributed by atoms with Crippen LogP contribution in [-0.4, -0.2) is 34.9 Å². The van der Waals surface area contributed by atoms with Gasteiger partial charge in [0.25, 0.3) is 5.91 Å². The fraction of sp³-hybridized carbons (Fsp3) is 0.600. The molecule has 0 atom stereocenters. The fourth-order valence-corrected chi connectivity index (χ4v) is 2.87. The van der Waals surface area contributed by atoms with Crippen LogP contribution in [0.15, 0.2) is 12.1 Å². The molecule has 1 aliphatic carbocycles. The van der Waals surface area contributed by atoms with Crippen LogP contribution in [0.5, 0.6) is 0 Å². The van der Waals surface area contributed by atoms with Gasteiger partial charge in [0.1, 0.15) is 0 Å². The number of nitrogens with zero attached hydrogens (tertiary/aromatic N) is 2. The summed E-state index contributed by atoms with van der Waals surface area (Å²) in [4.78, 5) is 19.0. The van der Waals surface area contributed by atoms with Gasteiger partial charge in [-0.2, -0.15) is 0 Å². The molecule has 1 aromatic heterocycles. The van der Waals surface area contributed by atoms with E-state index in [-0.39, 0.29) is 5.91 Å². The molecule has 1 heterocycles. The maximum Gasteiger partial charge on any atom is 0.255 e. The van der Waals surface area contributed by atoms with Crippen molar-refractivity contribution in [1.82, 2.24) is 9.88 Å². The highest BCUT2D eigenvalue weighted by atomic mass is 16.2. The van der Waals surface area contributed by atoms with Crippen LogP contribution in [0.2, 0.25) is 0 Å². The largest absolute Gasteiger partial charge is 0.334 e. The van der Waals surface area contributed by atoms with Gasteiger partial charge in [-0.1, -0.05) is 12.8 Å². The Hall–Kier alpha value is -1.42. The number of carbonyl (C=O) groups excluding carboxylic acids is 1. The highest BCUT2D eigenvalue weighted by Gasteiger charge is 2.27. The molecular weight excluding hydrogens is 238 g/mol. The number of hydrogen-bond donors (Lipinski definition) is 1. The molecule has 0 radical (unpaired) electrons. The van der Waals surface area contributed by atoms with Crippen LogP contribution in [0.3, 0.4) is 0 Å². The minimum Gasteiger partial charge on any atom is -0.334 e. The molecule has 19 heavy (non-hydrogen) atoms. The van der Waals surface area contributed by atoms with E-state index in [1.807, 2.05) is 30.9 Å². The molecule has 1 amide bonds. The number of aromatic nitrogens is 1. The number of aryl methyl sites for hydroxylation is 2. The maximum absolute atomic E-state index is 12.7. The summed E-state index contributed by atoms with van der Waals surface area (Å²) in [5.41, 5.74) is 8.13. The molecule has 4 nitrogen and oxygen atoms in total. The second-order valence-corrected chi connectivity index (χ2v) is 5.31. The van der Waals surface area contributed by atoms with Crippen molar-refractivity contribution < 1.29 is 4.79 Å². The van der Waals surface area contributed by atoms with Gasteiger partial charge in [-0.3, -0.25) is 9.78 Å². The van der Waals surface area contributed by atoms with E-state index in [0.29, 0.717) is 24.7 Å². The zero-order valence-corrected chi connectivity index (χ0v) is 11.9. The van der Waals surface area contributed by atoms with Gasteiger partial charge in [0.15, 0.2) is 0 Å². The van der Waals surface area contributed by atoms with Crippen molar-refractivity contribution in [3.63, 3.8) is 0 Å². The molecule has 104 valence electrons. The zero-order valence-electron chi connectivity index (χ0n) is 11.9. The second-order valence-electron chi connectivity index (χ2n) is 5.31. The molecule has 1 saturated carbocycles. The van der Waals surface area contributed by atoms with Crippen molar-refractivity contribution in [2.75, 3.05) is 13.1 Å². The minimum absolute atomic E-state index is 0.0855. The van der Waals surface area contributed by atoms with Crippen LogP contribution < -0.4 is 5.73 Å². The molecule has 1 aromatic rings. The van der Waals surface area contributed by atoms with Crippen LogP contribution in [0.1, 0.15) is 47.4 Å². The number of amides is 1. The summed E-state index contributed by atoms with van der Waals surface area (Å²) in [7, 11) is 0. The first-order valence-electron chi connectivity index (χ1n) is 7.08. The van der Waals surface area contributed by atoms with Gasteiger partial charge in [0.2, 0.25) is 0 Å². The monoisotopic (exact) mass is 261 g/mol. The summed E-state index contributed by atoms with van der Waals surface area (Å²) in [6.45, 7) is 4.99. The summed E-state index contributed by atoms with van der Waals surface area (Å²) in [6.07, 6.45) is 4.63. The molecule has 0 aromatic carbocycles. The highest BCUT2D eigenvalue weighted by molar-refractivity contribution is 5.95. The van der Waals surface area contributed by atoms with Gasteiger partial charge in [-0.15, -0.1) is 0 Å². The van der Waals surface area contributed by atoms with Crippen molar-refractivity contribution in [3.8, 4) is 0 Å². The van der Waals surface area contributed by atoms with Crippen LogP contribution in [0.4, 0.5) is 0 Å². The summed E-state index contributed by atoms with van der Waals surface area (Å²) in [6, 6.07) is 4.14. The zero-order chi connectivity index (χ0) is 13.8. The van der Waals surface area contributed by atoms with Crippen molar-refractivity contribution in [3.05, 3.63) is 29.1 Å². The first-order valence-corrected chi connectivity index (χ1v) is 7.08. The summed E-state index contributed by atoms with van der Waals surface area (Å²) >= 11 is 0. The normalized spacial score (nSPS) is 15.7. The molecule has 0 aliphatic heterocycles. The van der Waals surface area contributed by atoms with E-state index in [4.69, 9.17) is 5.73 Å². The Morgan fingerprint density at radius 3 is 2.63 bits per heavy atom. The summed E-state index contributed by atoms with van der Waals surface area (Å²) in [5, 5.41) is 0. The number of pyridine rings is 1. The van der Waals surface area contributed by atoms with Gasteiger partial charge in [0, 0.05) is 24.8 Å². The van der Waals surface area contributed by atoms with Crippen LogP contribution in [0.25, 0.3) is 0 Å². The SMILES string of the molecule is Cc1ccc(C(=O)N(CCN)C2CCCC2)c(C)n1. The second kappa shape index (κ2) is 6.15. The predicted molar refractivity (Wildman–Crippen MR) is 76.1 cm³/mol.